The number of hydrogen-bond donors (Lipinski definition) is 2. The first-order valence-corrected chi connectivity index (χ1v) is 7.22. The fourth-order valence-corrected chi connectivity index (χ4v) is 2.60. The maximum absolute atomic E-state index is 9.24. The van der Waals surface area contributed by atoms with Crippen LogP contribution in [0.15, 0.2) is 12.4 Å². The molecule has 110 valence electrons. The number of H-pyrrole nitrogens is 1. The van der Waals surface area contributed by atoms with Crippen LogP contribution in [0.2, 0.25) is 0 Å². The lowest BCUT2D eigenvalue weighted by atomic mass is 10.1. The fourth-order valence-electron chi connectivity index (χ4n) is 2.60. The maximum Gasteiger partial charge on any atom is 0.229 e. The number of hydrogen-bond acceptors (Lipinski definition) is 5. The second-order valence-electron chi connectivity index (χ2n) is 5.64. The molecular weight excluding hydrogens is 278 g/mol. The molecule has 0 aromatic carbocycles. The van der Waals surface area contributed by atoms with E-state index in [1.807, 2.05) is 14.0 Å². The van der Waals surface area contributed by atoms with Crippen LogP contribution >= 0.6 is 0 Å². The van der Waals surface area contributed by atoms with Crippen molar-refractivity contribution >= 4 is 22.7 Å². The van der Waals surface area contributed by atoms with Crippen LogP contribution in [-0.4, -0.2) is 24.7 Å². The number of rotatable bonds is 3. The van der Waals surface area contributed by atoms with Crippen molar-refractivity contribution in [2.24, 2.45) is 7.05 Å². The van der Waals surface area contributed by atoms with Gasteiger partial charge in [0, 0.05) is 19.2 Å². The number of fused-ring (bicyclic) bond motifs is 1. The number of aromatic nitrogens is 5. The molecule has 7 nitrogen and oxygen atoms in total. The van der Waals surface area contributed by atoms with Crippen molar-refractivity contribution in [2.75, 3.05) is 5.32 Å². The van der Waals surface area contributed by atoms with Crippen LogP contribution in [-0.2, 0) is 7.05 Å². The first kappa shape index (κ1) is 12.8. The van der Waals surface area contributed by atoms with Gasteiger partial charge >= 0.3 is 0 Å². The van der Waals surface area contributed by atoms with Crippen LogP contribution in [0.5, 0.6) is 0 Å². The van der Waals surface area contributed by atoms with E-state index in [9.17, 15) is 5.26 Å². The Kier molecular flexibility index (Phi) is 2.66. The molecule has 0 unspecified atom stereocenters. The number of nitriles is 1. The van der Waals surface area contributed by atoms with Gasteiger partial charge in [0.2, 0.25) is 5.95 Å². The molecule has 3 aromatic rings. The fraction of sp³-hybridized carbons (Fsp3) is 0.333. The molecule has 0 radical (unpaired) electrons. The lowest BCUT2D eigenvalue weighted by Crippen LogP contribution is -2.02. The summed E-state index contributed by atoms with van der Waals surface area (Å²) in [5.74, 6) is 0.973. The van der Waals surface area contributed by atoms with Crippen LogP contribution in [0, 0.1) is 18.3 Å². The lowest BCUT2D eigenvalue weighted by molar-refractivity contribution is 0.740. The third-order valence-corrected chi connectivity index (χ3v) is 4.13. The molecule has 3 heterocycles. The van der Waals surface area contributed by atoms with E-state index in [1.165, 1.54) is 0 Å². The Morgan fingerprint density at radius 1 is 1.41 bits per heavy atom. The molecule has 3 aromatic heterocycles. The summed E-state index contributed by atoms with van der Waals surface area (Å²) in [5, 5.41) is 17.5. The number of anilines is 2. The van der Waals surface area contributed by atoms with Crippen molar-refractivity contribution in [1.29, 1.82) is 5.26 Å². The lowest BCUT2D eigenvalue weighted by Gasteiger charge is -2.07. The summed E-state index contributed by atoms with van der Waals surface area (Å²) >= 11 is 0. The van der Waals surface area contributed by atoms with E-state index in [2.05, 4.69) is 31.4 Å². The molecule has 0 bridgehead atoms. The van der Waals surface area contributed by atoms with Gasteiger partial charge in [0.15, 0.2) is 0 Å². The van der Waals surface area contributed by atoms with Gasteiger partial charge in [-0.2, -0.15) is 15.3 Å². The number of aryl methyl sites for hydroxylation is 1. The quantitative estimate of drug-likeness (QED) is 0.773. The minimum Gasteiger partial charge on any atom is -0.345 e. The van der Waals surface area contributed by atoms with Gasteiger partial charge in [-0.3, -0.25) is 4.68 Å². The zero-order chi connectivity index (χ0) is 15.3. The number of aromatic amines is 1. The molecule has 1 saturated carbocycles. The topological polar surface area (TPSA) is 95.2 Å². The van der Waals surface area contributed by atoms with Gasteiger partial charge in [0.25, 0.3) is 0 Å². The summed E-state index contributed by atoms with van der Waals surface area (Å²) in [6.45, 7) is 1.98. The van der Waals surface area contributed by atoms with E-state index < -0.39 is 0 Å². The molecular formula is C15H15N7. The Morgan fingerprint density at radius 2 is 2.23 bits per heavy atom. The van der Waals surface area contributed by atoms with Crippen LogP contribution in [0.25, 0.3) is 11.0 Å². The smallest absolute Gasteiger partial charge is 0.229 e. The first-order chi connectivity index (χ1) is 10.7. The van der Waals surface area contributed by atoms with Gasteiger partial charge in [-0.25, -0.2) is 4.98 Å². The molecule has 1 aliphatic carbocycles. The highest BCUT2D eigenvalue weighted by Crippen LogP contribution is 2.43. The molecule has 7 heteroatoms. The van der Waals surface area contributed by atoms with Crippen molar-refractivity contribution in [3.05, 3.63) is 29.3 Å². The molecule has 2 N–H and O–H groups in total. The minimum atomic E-state index is 0.434. The molecule has 0 amide bonds. The van der Waals surface area contributed by atoms with E-state index in [-0.39, 0.29) is 0 Å². The molecule has 1 aliphatic rings. The van der Waals surface area contributed by atoms with E-state index in [1.54, 1.807) is 17.1 Å². The number of nitrogens with one attached hydrogen (secondary N) is 2. The van der Waals surface area contributed by atoms with Crippen LogP contribution < -0.4 is 5.32 Å². The SMILES string of the molecule is Cc1c(Nc2nc(C3CC3)c3c(C#N)c[nH]c3n2)cnn1C. The molecule has 22 heavy (non-hydrogen) atoms. The molecule has 0 saturated heterocycles. The van der Waals surface area contributed by atoms with Crippen LogP contribution in [0.3, 0.4) is 0 Å². The van der Waals surface area contributed by atoms with Gasteiger partial charge in [0.1, 0.15) is 11.7 Å². The third kappa shape index (κ3) is 1.92. The first-order valence-electron chi connectivity index (χ1n) is 7.22. The van der Waals surface area contributed by atoms with E-state index in [0.29, 0.717) is 23.1 Å². The van der Waals surface area contributed by atoms with Crippen LogP contribution in [0.1, 0.15) is 35.7 Å². The predicted molar refractivity (Wildman–Crippen MR) is 81.8 cm³/mol. The Labute approximate surface area is 127 Å². The summed E-state index contributed by atoms with van der Waals surface area (Å²) in [6.07, 6.45) is 5.69. The largest absolute Gasteiger partial charge is 0.345 e. The summed E-state index contributed by atoms with van der Waals surface area (Å²) in [7, 11) is 1.89. The summed E-state index contributed by atoms with van der Waals surface area (Å²) in [6, 6.07) is 2.21. The second-order valence-corrected chi connectivity index (χ2v) is 5.64. The molecule has 4 rings (SSSR count). The summed E-state index contributed by atoms with van der Waals surface area (Å²) < 4.78 is 1.80. The average molecular weight is 293 g/mol. The third-order valence-electron chi connectivity index (χ3n) is 4.13. The Balaban J connectivity index is 1.82. The highest BCUT2D eigenvalue weighted by atomic mass is 15.3. The van der Waals surface area contributed by atoms with Crippen molar-refractivity contribution < 1.29 is 0 Å². The zero-order valence-corrected chi connectivity index (χ0v) is 12.4. The van der Waals surface area contributed by atoms with Crippen molar-refractivity contribution in [1.82, 2.24) is 24.7 Å². The maximum atomic E-state index is 9.24. The minimum absolute atomic E-state index is 0.434. The van der Waals surface area contributed by atoms with Gasteiger partial charge in [-0.15, -0.1) is 0 Å². The molecule has 0 atom stereocenters. The number of nitrogens with zero attached hydrogens (tertiary/aromatic N) is 5. The monoisotopic (exact) mass is 293 g/mol. The molecule has 0 aliphatic heterocycles. The van der Waals surface area contributed by atoms with E-state index in [0.717, 1.165) is 35.3 Å². The normalized spacial score (nSPS) is 14.2. The summed E-state index contributed by atoms with van der Waals surface area (Å²) in [5.41, 5.74) is 4.18. The highest BCUT2D eigenvalue weighted by Gasteiger charge is 2.29. The van der Waals surface area contributed by atoms with E-state index in [4.69, 9.17) is 0 Å². The van der Waals surface area contributed by atoms with E-state index >= 15 is 0 Å². The molecule has 1 fully saturated rings. The average Bonchev–Trinajstić information content (AvgIpc) is 3.22. The van der Waals surface area contributed by atoms with Gasteiger partial charge in [-0.1, -0.05) is 0 Å². The van der Waals surface area contributed by atoms with Crippen molar-refractivity contribution in [2.45, 2.75) is 25.7 Å². The highest BCUT2D eigenvalue weighted by molar-refractivity contribution is 5.86. The van der Waals surface area contributed by atoms with Crippen LogP contribution in [0.4, 0.5) is 11.6 Å². The van der Waals surface area contributed by atoms with Crippen molar-refractivity contribution in [3.63, 3.8) is 0 Å². The molecule has 0 spiro atoms. The van der Waals surface area contributed by atoms with Gasteiger partial charge in [0.05, 0.1) is 34.2 Å². The van der Waals surface area contributed by atoms with Gasteiger partial charge < -0.3 is 10.3 Å². The van der Waals surface area contributed by atoms with Crippen molar-refractivity contribution in [3.8, 4) is 6.07 Å². The Bertz CT molecular complexity index is 908. The predicted octanol–water partition coefficient (Wildman–Crippen LogP) is 2.49. The standard InChI is InChI=1S/C15H15N7/c1-8-11(7-18-22(8)2)19-15-20-13(9-3-4-9)12-10(5-16)6-17-14(12)21-15/h6-7,9H,3-4H2,1-2H3,(H2,17,19,20,21). The zero-order valence-electron chi connectivity index (χ0n) is 12.4. The second kappa shape index (κ2) is 4.56. The Hall–Kier alpha value is -2.88. The summed E-state index contributed by atoms with van der Waals surface area (Å²) in [4.78, 5) is 12.2. The Morgan fingerprint density at radius 3 is 2.86 bits per heavy atom. The van der Waals surface area contributed by atoms with Gasteiger partial charge in [-0.05, 0) is 19.8 Å².